The average molecular weight is 233 g/mol. The number of carbonyl (C=O) groups excluding carboxylic acids is 1. The Morgan fingerprint density at radius 2 is 1.82 bits per heavy atom. The van der Waals surface area contributed by atoms with Gasteiger partial charge < -0.3 is 14.9 Å². The molecule has 17 heavy (non-hydrogen) atoms. The molecule has 1 amide bonds. The number of anilines is 1. The van der Waals surface area contributed by atoms with Gasteiger partial charge in [0, 0.05) is 18.7 Å². The lowest BCUT2D eigenvalue weighted by atomic mass is 9.78. The normalized spacial score (nSPS) is 15.5. The molecule has 1 aromatic rings. The fraction of sp³-hybridized carbons (Fsp3) is 0.417. The van der Waals surface area contributed by atoms with Crippen LogP contribution in [-0.2, 0) is 4.79 Å². The van der Waals surface area contributed by atoms with Crippen LogP contribution in [0.3, 0.4) is 0 Å². The van der Waals surface area contributed by atoms with Gasteiger partial charge in [-0.15, -0.1) is 0 Å². The van der Waals surface area contributed by atoms with E-state index < -0.39 is 7.12 Å². The molecule has 0 bridgehead atoms. The summed E-state index contributed by atoms with van der Waals surface area (Å²) in [6.07, 6.45) is 1.49. The number of aryl methyl sites for hydroxylation is 2. The summed E-state index contributed by atoms with van der Waals surface area (Å²) in [5, 5.41) is 18.3. The number of amides is 1. The third kappa shape index (κ3) is 2.21. The zero-order chi connectivity index (χ0) is 12.6. The van der Waals surface area contributed by atoms with Crippen LogP contribution in [0.1, 0.15) is 24.0 Å². The van der Waals surface area contributed by atoms with E-state index in [-0.39, 0.29) is 5.91 Å². The Kier molecular flexibility index (Phi) is 3.22. The second kappa shape index (κ2) is 4.51. The van der Waals surface area contributed by atoms with E-state index in [1.807, 2.05) is 13.8 Å². The average Bonchev–Trinajstić information content (AvgIpc) is 2.64. The number of rotatable bonds is 2. The van der Waals surface area contributed by atoms with Crippen LogP contribution in [0, 0.1) is 13.8 Å². The van der Waals surface area contributed by atoms with Gasteiger partial charge >= 0.3 is 7.12 Å². The van der Waals surface area contributed by atoms with Gasteiger partial charge in [-0.2, -0.15) is 0 Å². The van der Waals surface area contributed by atoms with Crippen molar-refractivity contribution >= 4 is 24.2 Å². The van der Waals surface area contributed by atoms with Crippen molar-refractivity contribution in [2.24, 2.45) is 0 Å². The van der Waals surface area contributed by atoms with Crippen molar-refractivity contribution in [3.63, 3.8) is 0 Å². The van der Waals surface area contributed by atoms with Crippen LogP contribution < -0.4 is 10.4 Å². The lowest BCUT2D eigenvalue weighted by Gasteiger charge is -2.21. The maximum atomic E-state index is 11.7. The molecule has 2 N–H and O–H groups in total. The number of nitrogens with zero attached hydrogens (tertiary/aromatic N) is 1. The molecule has 1 aromatic carbocycles. The summed E-state index contributed by atoms with van der Waals surface area (Å²) in [5.41, 5.74) is 3.19. The van der Waals surface area contributed by atoms with Gasteiger partial charge in [0.25, 0.3) is 0 Å². The van der Waals surface area contributed by atoms with Crippen molar-refractivity contribution in [3.05, 3.63) is 23.3 Å². The van der Waals surface area contributed by atoms with Crippen molar-refractivity contribution in [2.75, 3.05) is 11.4 Å². The smallest absolute Gasteiger partial charge is 0.423 e. The molecule has 5 heteroatoms. The summed E-state index contributed by atoms with van der Waals surface area (Å²) in [4.78, 5) is 13.5. The second-order valence-electron chi connectivity index (χ2n) is 4.53. The second-order valence-corrected chi connectivity index (χ2v) is 4.53. The molecule has 1 heterocycles. The Balaban J connectivity index is 2.44. The highest BCUT2D eigenvalue weighted by Crippen LogP contribution is 2.27. The predicted octanol–water partition coefficient (Wildman–Crippen LogP) is 0.110. The van der Waals surface area contributed by atoms with Crippen molar-refractivity contribution in [2.45, 2.75) is 26.7 Å². The van der Waals surface area contributed by atoms with Gasteiger partial charge in [0.15, 0.2) is 0 Å². The Hall–Kier alpha value is -1.33. The fourth-order valence-electron chi connectivity index (χ4n) is 2.45. The molecule has 2 rings (SSSR count). The molecule has 1 saturated heterocycles. The Labute approximate surface area is 101 Å². The fourth-order valence-corrected chi connectivity index (χ4v) is 2.45. The largest absolute Gasteiger partial charge is 0.488 e. The van der Waals surface area contributed by atoms with Gasteiger partial charge in [-0.3, -0.25) is 4.79 Å². The highest BCUT2D eigenvalue weighted by Gasteiger charge is 2.25. The van der Waals surface area contributed by atoms with E-state index in [9.17, 15) is 4.79 Å². The first-order valence-electron chi connectivity index (χ1n) is 5.78. The van der Waals surface area contributed by atoms with E-state index in [0.29, 0.717) is 11.9 Å². The first-order chi connectivity index (χ1) is 8.00. The van der Waals surface area contributed by atoms with Crippen LogP contribution in [0.5, 0.6) is 0 Å². The van der Waals surface area contributed by atoms with E-state index in [1.165, 1.54) is 0 Å². The minimum absolute atomic E-state index is 0.147. The van der Waals surface area contributed by atoms with Gasteiger partial charge in [0.2, 0.25) is 5.91 Å². The summed E-state index contributed by atoms with van der Waals surface area (Å²) in [6, 6.07) is 3.44. The van der Waals surface area contributed by atoms with E-state index in [4.69, 9.17) is 10.0 Å². The van der Waals surface area contributed by atoms with E-state index in [0.717, 1.165) is 29.8 Å². The Bertz CT molecular complexity index is 436. The van der Waals surface area contributed by atoms with Crippen molar-refractivity contribution in [3.8, 4) is 0 Å². The molecule has 1 aliphatic rings. The van der Waals surface area contributed by atoms with Crippen LogP contribution in [0.15, 0.2) is 12.1 Å². The zero-order valence-electron chi connectivity index (χ0n) is 10.1. The minimum Gasteiger partial charge on any atom is -0.423 e. The van der Waals surface area contributed by atoms with Gasteiger partial charge in [-0.25, -0.2) is 0 Å². The molecule has 1 fully saturated rings. The monoisotopic (exact) mass is 233 g/mol. The molecular formula is C12H16BNO3. The number of carbonyl (C=O) groups is 1. The van der Waals surface area contributed by atoms with Crippen molar-refractivity contribution in [1.29, 1.82) is 0 Å². The van der Waals surface area contributed by atoms with Crippen LogP contribution >= 0.6 is 0 Å². The molecule has 0 atom stereocenters. The van der Waals surface area contributed by atoms with Crippen LogP contribution in [0.25, 0.3) is 0 Å². The molecule has 0 spiro atoms. The maximum absolute atomic E-state index is 11.7. The standard InChI is InChI=1S/C12H16BNO3/c1-8-6-10(13(16)17)7-9(2)12(8)14-5-3-4-11(14)15/h6-7,16-17H,3-5H2,1-2H3. The molecule has 4 nitrogen and oxygen atoms in total. The van der Waals surface area contributed by atoms with E-state index in [2.05, 4.69) is 0 Å². The highest BCUT2D eigenvalue weighted by atomic mass is 16.4. The summed E-state index contributed by atoms with van der Waals surface area (Å²) in [5.74, 6) is 0.147. The molecular weight excluding hydrogens is 217 g/mol. The van der Waals surface area contributed by atoms with E-state index in [1.54, 1.807) is 17.0 Å². The Morgan fingerprint density at radius 1 is 1.24 bits per heavy atom. The molecule has 0 aromatic heterocycles. The molecule has 0 saturated carbocycles. The van der Waals surface area contributed by atoms with E-state index >= 15 is 0 Å². The topological polar surface area (TPSA) is 60.8 Å². The zero-order valence-corrected chi connectivity index (χ0v) is 10.1. The quantitative estimate of drug-likeness (QED) is 0.712. The van der Waals surface area contributed by atoms with Crippen molar-refractivity contribution < 1.29 is 14.8 Å². The summed E-state index contributed by atoms with van der Waals surface area (Å²) in [6.45, 7) is 4.53. The van der Waals surface area contributed by atoms with Gasteiger partial charge in [-0.05, 0) is 36.9 Å². The predicted molar refractivity (Wildman–Crippen MR) is 67.3 cm³/mol. The number of benzene rings is 1. The molecule has 0 radical (unpaired) electrons. The molecule has 0 aliphatic carbocycles. The van der Waals surface area contributed by atoms with Gasteiger partial charge in [0.05, 0.1) is 0 Å². The van der Waals surface area contributed by atoms with Crippen LogP contribution in [0.4, 0.5) is 5.69 Å². The molecule has 0 unspecified atom stereocenters. The molecule has 90 valence electrons. The first kappa shape index (κ1) is 12.1. The first-order valence-corrected chi connectivity index (χ1v) is 5.78. The number of hydrogen-bond donors (Lipinski definition) is 2. The molecule has 1 aliphatic heterocycles. The third-order valence-electron chi connectivity index (χ3n) is 3.15. The van der Waals surface area contributed by atoms with Gasteiger partial charge in [0.1, 0.15) is 0 Å². The third-order valence-corrected chi connectivity index (χ3v) is 3.15. The van der Waals surface area contributed by atoms with Crippen LogP contribution in [-0.4, -0.2) is 29.6 Å². The van der Waals surface area contributed by atoms with Crippen molar-refractivity contribution in [1.82, 2.24) is 0 Å². The maximum Gasteiger partial charge on any atom is 0.488 e. The van der Waals surface area contributed by atoms with Crippen LogP contribution in [0.2, 0.25) is 0 Å². The Morgan fingerprint density at radius 3 is 2.24 bits per heavy atom. The van der Waals surface area contributed by atoms with Gasteiger partial charge in [-0.1, -0.05) is 12.1 Å². The minimum atomic E-state index is -1.46. The summed E-state index contributed by atoms with van der Waals surface area (Å²) >= 11 is 0. The number of hydrogen-bond acceptors (Lipinski definition) is 3. The lowest BCUT2D eigenvalue weighted by Crippen LogP contribution is -2.32. The summed E-state index contributed by atoms with van der Waals surface area (Å²) in [7, 11) is -1.46. The SMILES string of the molecule is Cc1cc(B(O)O)cc(C)c1N1CCCC1=O. The summed E-state index contributed by atoms with van der Waals surface area (Å²) < 4.78 is 0. The lowest BCUT2D eigenvalue weighted by molar-refractivity contribution is -0.117. The highest BCUT2D eigenvalue weighted by molar-refractivity contribution is 6.58.